The van der Waals surface area contributed by atoms with Gasteiger partial charge in [-0.15, -0.1) is 0 Å². The molecule has 2 rings (SSSR count). The predicted octanol–water partition coefficient (Wildman–Crippen LogP) is 1.67. The number of carbonyl (C=O) groups is 1. The Balaban J connectivity index is 1.79. The van der Waals surface area contributed by atoms with Crippen LogP contribution in [0.15, 0.2) is 0 Å². The molecule has 3 nitrogen and oxygen atoms in total. The molecule has 0 aliphatic heterocycles. The number of rotatable bonds is 4. The largest absolute Gasteiger partial charge is 0.368 e. The van der Waals surface area contributed by atoms with E-state index in [4.69, 9.17) is 5.73 Å². The van der Waals surface area contributed by atoms with E-state index in [2.05, 4.69) is 19.2 Å². The number of amides is 1. The molecule has 16 heavy (non-hydrogen) atoms. The zero-order valence-electron chi connectivity index (χ0n) is 10.5. The van der Waals surface area contributed by atoms with Crippen LogP contribution in [0, 0.1) is 17.8 Å². The van der Waals surface area contributed by atoms with Crippen molar-refractivity contribution < 1.29 is 4.79 Å². The first-order valence-electron chi connectivity index (χ1n) is 6.57. The van der Waals surface area contributed by atoms with Gasteiger partial charge in [-0.05, 0) is 56.4 Å². The summed E-state index contributed by atoms with van der Waals surface area (Å²) in [4.78, 5) is 11.2. The Bertz CT molecular complexity index is 263. The van der Waals surface area contributed by atoms with E-state index in [0.717, 1.165) is 37.1 Å². The lowest BCUT2D eigenvalue weighted by molar-refractivity contribution is -0.121. The van der Waals surface area contributed by atoms with Crippen LogP contribution in [0.25, 0.3) is 0 Å². The molecule has 0 saturated heterocycles. The Kier molecular flexibility index (Phi) is 3.24. The average molecular weight is 224 g/mol. The maximum Gasteiger partial charge on any atom is 0.237 e. The zero-order valence-corrected chi connectivity index (χ0v) is 10.5. The van der Waals surface area contributed by atoms with Crippen molar-refractivity contribution in [3.05, 3.63) is 0 Å². The fourth-order valence-electron chi connectivity index (χ4n) is 3.26. The Labute approximate surface area is 98.2 Å². The molecule has 3 heteroatoms. The Morgan fingerprint density at radius 1 is 1.25 bits per heavy atom. The van der Waals surface area contributed by atoms with E-state index in [0.29, 0.717) is 0 Å². The summed E-state index contributed by atoms with van der Waals surface area (Å²) in [5.41, 5.74) is 5.07. The lowest BCUT2D eigenvalue weighted by Crippen LogP contribution is -2.46. The molecule has 0 spiro atoms. The monoisotopic (exact) mass is 224 g/mol. The molecule has 0 bridgehead atoms. The Morgan fingerprint density at radius 2 is 1.81 bits per heavy atom. The third kappa shape index (κ3) is 2.57. The van der Waals surface area contributed by atoms with Crippen molar-refractivity contribution in [2.45, 2.75) is 51.5 Å². The topological polar surface area (TPSA) is 55.1 Å². The first-order valence-corrected chi connectivity index (χ1v) is 6.57. The minimum absolute atomic E-state index is 0.163. The molecule has 3 N–H and O–H groups in total. The van der Waals surface area contributed by atoms with Gasteiger partial charge in [0, 0.05) is 0 Å². The van der Waals surface area contributed by atoms with E-state index in [1.807, 2.05) is 0 Å². The lowest BCUT2D eigenvalue weighted by atomic mass is 9.76. The predicted molar refractivity (Wildman–Crippen MR) is 64.8 cm³/mol. The van der Waals surface area contributed by atoms with Crippen LogP contribution < -0.4 is 11.1 Å². The second-order valence-electron chi connectivity index (χ2n) is 6.11. The number of primary amides is 1. The quantitative estimate of drug-likeness (QED) is 0.763. The summed E-state index contributed by atoms with van der Waals surface area (Å²) in [5.74, 6) is 2.23. The van der Waals surface area contributed by atoms with Crippen molar-refractivity contribution in [3.63, 3.8) is 0 Å². The summed E-state index contributed by atoms with van der Waals surface area (Å²) in [7, 11) is 0. The maximum absolute atomic E-state index is 11.2. The van der Waals surface area contributed by atoms with Gasteiger partial charge in [0.05, 0.1) is 5.54 Å². The van der Waals surface area contributed by atoms with Crippen LogP contribution in [0.1, 0.15) is 46.0 Å². The second-order valence-corrected chi connectivity index (χ2v) is 6.11. The minimum Gasteiger partial charge on any atom is -0.368 e. The van der Waals surface area contributed by atoms with E-state index in [-0.39, 0.29) is 11.4 Å². The van der Waals surface area contributed by atoms with Gasteiger partial charge in [-0.25, -0.2) is 0 Å². The van der Waals surface area contributed by atoms with Crippen molar-refractivity contribution >= 4 is 5.91 Å². The van der Waals surface area contributed by atoms with Crippen LogP contribution in [0.3, 0.4) is 0 Å². The van der Waals surface area contributed by atoms with Crippen LogP contribution in [0.5, 0.6) is 0 Å². The number of nitrogens with two attached hydrogens (primary N) is 1. The van der Waals surface area contributed by atoms with Gasteiger partial charge < -0.3 is 11.1 Å². The highest BCUT2D eigenvalue weighted by molar-refractivity contribution is 5.87. The summed E-state index contributed by atoms with van der Waals surface area (Å²) in [6, 6.07) is 0. The third-order valence-electron chi connectivity index (χ3n) is 4.23. The van der Waals surface area contributed by atoms with Crippen molar-refractivity contribution in [1.82, 2.24) is 5.32 Å². The lowest BCUT2D eigenvalue weighted by Gasteiger charge is -2.32. The van der Waals surface area contributed by atoms with Gasteiger partial charge in [-0.2, -0.15) is 0 Å². The second kappa shape index (κ2) is 4.36. The average Bonchev–Trinajstić information content (AvgIpc) is 2.94. The molecular weight excluding hydrogens is 200 g/mol. The number of hydrogen-bond donors (Lipinski definition) is 2. The summed E-state index contributed by atoms with van der Waals surface area (Å²) < 4.78 is 0. The molecule has 0 aromatic heterocycles. The van der Waals surface area contributed by atoms with E-state index >= 15 is 0 Å². The van der Waals surface area contributed by atoms with E-state index < -0.39 is 0 Å². The molecule has 2 fully saturated rings. The van der Waals surface area contributed by atoms with Gasteiger partial charge in [0.1, 0.15) is 0 Å². The fraction of sp³-hybridized carbons (Fsp3) is 0.923. The summed E-state index contributed by atoms with van der Waals surface area (Å²) in [5, 5.41) is 3.41. The van der Waals surface area contributed by atoms with Crippen molar-refractivity contribution in [1.29, 1.82) is 0 Å². The molecule has 0 aromatic rings. The summed E-state index contributed by atoms with van der Waals surface area (Å²) in [6.45, 7) is 5.64. The van der Waals surface area contributed by atoms with Gasteiger partial charge in [0.15, 0.2) is 0 Å². The van der Waals surface area contributed by atoms with E-state index in [1.165, 1.54) is 19.3 Å². The van der Waals surface area contributed by atoms with Crippen LogP contribution in [-0.4, -0.2) is 18.0 Å². The van der Waals surface area contributed by atoms with Gasteiger partial charge in [-0.1, -0.05) is 13.8 Å². The number of carbonyl (C=O) groups excluding carboxylic acids is 1. The SMILES string of the molecule is CC1CC(C)CC(CNC2(C(N)=O)CC2)C1. The van der Waals surface area contributed by atoms with Crippen LogP contribution in [0.4, 0.5) is 0 Å². The molecule has 92 valence electrons. The molecule has 1 amide bonds. The summed E-state index contributed by atoms with van der Waals surface area (Å²) >= 11 is 0. The van der Waals surface area contributed by atoms with E-state index in [9.17, 15) is 4.79 Å². The maximum atomic E-state index is 11.2. The first-order chi connectivity index (χ1) is 7.52. The first kappa shape index (κ1) is 11.9. The molecular formula is C13H24N2O. The third-order valence-corrected chi connectivity index (χ3v) is 4.23. The highest BCUT2D eigenvalue weighted by Crippen LogP contribution is 2.37. The molecule has 2 saturated carbocycles. The van der Waals surface area contributed by atoms with Crippen LogP contribution in [-0.2, 0) is 4.79 Å². The fourth-order valence-corrected chi connectivity index (χ4v) is 3.26. The van der Waals surface area contributed by atoms with Gasteiger partial charge in [0.25, 0.3) is 0 Å². The Hall–Kier alpha value is -0.570. The number of hydrogen-bond acceptors (Lipinski definition) is 2. The molecule has 2 unspecified atom stereocenters. The molecule has 2 atom stereocenters. The normalized spacial score (nSPS) is 37.0. The standard InChI is InChI=1S/C13H24N2O/c1-9-5-10(2)7-11(6-9)8-15-13(3-4-13)12(14)16/h9-11,15H,3-8H2,1-2H3,(H2,14,16). The van der Waals surface area contributed by atoms with Crippen molar-refractivity contribution in [2.24, 2.45) is 23.5 Å². The smallest absolute Gasteiger partial charge is 0.237 e. The van der Waals surface area contributed by atoms with Gasteiger partial charge in [0.2, 0.25) is 5.91 Å². The summed E-state index contributed by atoms with van der Waals surface area (Å²) in [6.07, 6.45) is 5.82. The van der Waals surface area contributed by atoms with Gasteiger partial charge in [-0.3, -0.25) is 4.79 Å². The van der Waals surface area contributed by atoms with Crippen LogP contribution >= 0.6 is 0 Å². The molecule has 0 radical (unpaired) electrons. The van der Waals surface area contributed by atoms with Gasteiger partial charge >= 0.3 is 0 Å². The van der Waals surface area contributed by atoms with Crippen LogP contribution in [0.2, 0.25) is 0 Å². The minimum atomic E-state index is -0.329. The Morgan fingerprint density at radius 3 is 2.25 bits per heavy atom. The molecule has 2 aliphatic carbocycles. The highest BCUT2D eigenvalue weighted by atomic mass is 16.1. The highest BCUT2D eigenvalue weighted by Gasteiger charge is 2.48. The zero-order chi connectivity index (χ0) is 11.8. The van der Waals surface area contributed by atoms with Crippen molar-refractivity contribution in [2.75, 3.05) is 6.54 Å². The van der Waals surface area contributed by atoms with E-state index in [1.54, 1.807) is 0 Å². The number of nitrogens with one attached hydrogen (secondary N) is 1. The molecule has 0 aromatic carbocycles. The van der Waals surface area contributed by atoms with Crippen molar-refractivity contribution in [3.8, 4) is 0 Å². The molecule has 0 heterocycles. The molecule has 2 aliphatic rings.